The second-order valence-corrected chi connectivity index (χ2v) is 7.33. The maximum Gasteiger partial charge on any atom is 0.283 e. The van der Waals surface area contributed by atoms with Crippen LogP contribution in [0, 0.1) is 5.95 Å². The highest BCUT2D eigenvalue weighted by molar-refractivity contribution is 6.33. The average Bonchev–Trinajstić information content (AvgIpc) is 3.05. The van der Waals surface area contributed by atoms with Gasteiger partial charge in [-0.3, -0.25) is 0 Å². The lowest BCUT2D eigenvalue weighted by molar-refractivity contribution is -0.117. The van der Waals surface area contributed by atoms with E-state index in [9.17, 15) is 4.39 Å². The first-order valence-electron chi connectivity index (χ1n) is 8.80. The van der Waals surface area contributed by atoms with Gasteiger partial charge in [-0.1, -0.05) is 11.6 Å². The van der Waals surface area contributed by atoms with E-state index >= 15 is 0 Å². The van der Waals surface area contributed by atoms with Crippen molar-refractivity contribution in [2.75, 3.05) is 13.2 Å². The molecule has 0 saturated carbocycles. The molecule has 3 atom stereocenters. The van der Waals surface area contributed by atoms with Gasteiger partial charge in [-0.15, -0.1) is 0 Å². The van der Waals surface area contributed by atoms with Crippen molar-refractivity contribution >= 4 is 17.6 Å². The quantitative estimate of drug-likeness (QED) is 0.758. The van der Waals surface area contributed by atoms with E-state index < -0.39 is 11.5 Å². The van der Waals surface area contributed by atoms with Crippen molar-refractivity contribution in [2.24, 2.45) is 10.7 Å². The molecule has 5 rings (SSSR count). The first kappa shape index (κ1) is 16.8. The number of fused-ring (bicyclic) bond motifs is 4. The van der Waals surface area contributed by atoms with Crippen LogP contribution in [0.1, 0.15) is 18.4 Å². The van der Waals surface area contributed by atoms with E-state index in [-0.39, 0.29) is 24.8 Å². The number of benzene rings is 1. The van der Waals surface area contributed by atoms with Gasteiger partial charge in [0.2, 0.25) is 5.95 Å². The van der Waals surface area contributed by atoms with Gasteiger partial charge in [-0.05, 0) is 37.1 Å². The fourth-order valence-electron chi connectivity index (χ4n) is 4.15. The van der Waals surface area contributed by atoms with Crippen LogP contribution >= 0.6 is 11.6 Å². The standard InChI is InChI=1S/C19H17ClFN3O3/c20-13-8-15-12(7-11(13)10-3-1-5-23-17(10)21)19(9-26-18(22)24-19)16-14(27-15)4-2-6-25-16/h1,3,5,7-8,14,16H,2,4,6,9H2,(H2,22,24). The molecule has 4 heterocycles. The molecule has 3 aliphatic heterocycles. The van der Waals surface area contributed by atoms with Crippen LogP contribution in [0.15, 0.2) is 35.5 Å². The molecule has 0 aliphatic carbocycles. The van der Waals surface area contributed by atoms with Gasteiger partial charge in [0.1, 0.15) is 24.6 Å². The third-order valence-electron chi connectivity index (χ3n) is 5.35. The summed E-state index contributed by atoms with van der Waals surface area (Å²) in [4.78, 5) is 8.33. The highest BCUT2D eigenvalue weighted by Crippen LogP contribution is 2.50. The van der Waals surface area contributed by atoms with E-state index in [1.807, 2.05) is 0 Å². The summed E-state index contributed by atoms with van der Waals surface area (Å²) in [5.74, 6) is 0.00413. The van der Waals surface area contributed by atoms with Crippen molar-refractivity contribution in [3.05, 3.63) is 47.0 Å². The number of hydrogen-bond donors (Lipinski definition) is 1. The molecule has 2 aromatic rings. The summed E-state index contributed by atoms with van der Waals surface area (Å²) in [5.41, 5.74) is 6.58. The fourth-order valence-corrected chi connectivity index (χ4v) is 4.40. The lowest BCUT2D eigenvalue weighted by Crippen LogP contribution is -2.55. The normalized spacial score (nSPS) is 28.7. The second-order valence-electron chi connectivity index (χ2n) is 6.92. The largest absolute Gasteiger partial charge is 0.487 e. The summed E-state index contributed by atoms with van der Waals surface area (Å²) in [6, 6.07) is 6.90. The minimum absolute atomic E-state index is 0.111. The van der Waals surface area contributed by atoms with Crippen molar-refractivity contribution < 1.29 is 18.6 Å². The Bertz CT molecular complexity index is 954. The first-order valence-corrected chi connectivity index (χ1v) is 9.17. The Hall–Kier alpha value is -2.38. The number of pyridine rings is 1. The lowest BCUT2D eigenvalue weighted by atomic mass is 9.77. The molecule has 1 aromatic heterocycles. The number of nitrogens with zero attached hydrogens (tertiary/aromatic N) is 2. The van der Waals surface area contributed by atoms with E-state index in [1.54, 1.807) is 24.3 Å². The minimum Gasteiger partial charge on any atom is -0.487 e. The Morgan fingerprint density at radius 3 is 2.96 bits per heavy atom. The van der Waals surface area contributed by atoms with Gasteiger partial charge >= 0.3 is 0 Å². The Morgan fingerprint density at radius 2 is 2.19 bits per heavy atom. The average molecular weight is 390 g/mol. The van der Waals surface area contributed by atoms with E-state index in [4.69, 9.17) is 31.5 Å². The van der Waals surface area contributed by atoms with Crippen LogP contribution in [0.3, 0.4) is 0 Å². The third-order valence-corrected chi connectivity index (χ3v) is 5.66. The van der Waals surface area contributed by atoms with Gasteiger partial charge in [-0.25, -0.2) is 9.98 Å². The maximum absolute atomic E-state index is 14.3. The van der Waals surface area contributed by atoms with E-state index in [0.717, 1.165) is 18.4 Å². The number of hydrogen-bond acceptors (Lipinski definition) is 6. The molecule has 0 bridgehead atoms. The number of ether oxygens (including phenoxy) is 3. The Kier molecular flexibility index (Phi) is 3.77. The summed E-state index contributed by atoms with van der Waals surface area (Å²) in [6.45, 7) is 0.863. The molecular formula is C19H17ClFN3O3. The molecule has 3 aliphatic rings. The SMILES string of the molecule is NC1=NC2(CO1)c1cc(-c3cccnc3F)c(Cl)cc1OC1CCCOC12. The fraction of sp³-hybridized carbons (Fsp3) is 0.368. The summed E-state index contributed by atoms with van der Waals surface area (Å²) < 4.78 is 32.0. The Morgan fingerprint density at radius 1 is 1.30 bits per heavy atom. The van der Waals surface area contributed by atoms with Crippen molar-refractivity contribution in [2.45, 2.75) is 30.6 Å². The molecule has 3 unspecified atom stereocenters. The lowest BCUT2D eigenvalue weighted by Gasteiger charge is -2.45. The molecule has 8 heteroatoms. The summed E-state index contributed by atoms with van der Waals surface area (Å²) in [5, 5.41) is 0.377. The zero-order chi connectivity index (χ0) is 18.6. The van der Waals surface area contributed by atoms with Gasteiger partial charge in [0.15, 0.2) is 5.54 Å². The van der Waals surface area contributed by atoms with E-state index in [0.29, 0.717) is 28.5 Å². The van der Waals surface area contributed by atoms with E-state index in [2.05, 4.69) is 9.98 Å². The van der Waals surface area contributed by atoms with Crippen LogP contribution < -0.4 is 10.5 Å². The zero-order valence-corrected chi connectivity index (χ0v) is 15.1. The molecule has 1 saturated heterocycles. The van der Waals surface area contributed by atoms with E-state index in [1.165, 1.54) is 6.20 Å². The Labute approximate surface area is 160 Å². The number of aliphatic imine (C=N–C) groups is 1. The molecule has 140 valence electrons. The number of rotatable bonds is 1. The monoisotopic (exact) mass is 389 g/mol. The maximum atomic E-state index is 14.3. The molecule has 1 spiro atoms. The Balaban J connectivity index is 1.73. The van der Waals surface area contributed by atoms with Gasteiger partial charge in [-0.2, -0.15) is 4.39 Å². The third kappa shape index (κ3) is 2.49. The molecule has 2 N–H and O–H groups in total. The molecular weight excluding hydrogens is 373 g/mol. The number of aromatic nitrogens is 1. The van der Waals surface area contributed by atoms with Crippen molar-refractivity contribution in [1.29, 1.82) is 0 Å². The molecule has 1 fully saturated rings. The highest BCUT2D eigenvalue weighted by Gasteiger charge is 2.56. The molecule has 0 amide bonds. The number of halogens is 2. The predicted octanol–water partition coefficient (Wildman–Crippen LogP) is 3.02. The number of nitrogens with two attached hydrogens (primary N) is 1. The number of amidine groups is 1. The highest BCUT2D eigenvalue weighted by atomic mass is 35.5. The minimum atomic E-state index is -0.833. The van der Waals surface area contributed by atoms with Crippen molar-refractivity contribution in [3.63, 3.8) is 0 Å². The predicted molar refractivity (Wildman–Crippen MR) is 97.3 cm³/mol. The van der Waals surface area contributed by atoms with Gasteiger partial charge in [0, 0.05) is 29.5 Å². The molecule has 1 aromatic carbocycles. The topological polar surface area (TPSA) is 79.0 Å². The smallest absolute Gasteiger partial charge is 0.283 e. The van der Waals surface area contributed by atoms with Gasteiger partial charge in [0.05, 0.1) is 5.02 Å². The summed E-state index contributed by atoms with van der Waals surface area (Å²) >= 11 is 6.47. The van der Waals surface area contributed by atoms with Crippen LogP contribution in [0.25, 0.3) is 11.1 Å². The van der Waals surface area contributed by atoms with Crippen LogP contribution in [-0.2, 0) is 15.0 Å². The first-order chi connectivity index (χ1) is 13.1. The second kappa shape index (κ2) is 6.07. The van der Waals surface area contributed by atoms with Gasteiger partial charge < -0.3 is 19.9 Å². The van der Waals surface area contributed by atoms with Crippen LogP contribution in [0.4, 0.5) is 4.39 Å². The molecule has 0 radical (unpaired) electrons. The molecule has 6 nitrogen and oxygen atoms in total. The van der Waals surface area contributed by atoms with Crippen LogP contribution in [0.5, 0.6) is 5.75 Å². The molecule has 27 heavy (non-hydrogen) atoms. The van der Waals surface area contributed by atoms with Crippen LogP contribution in [0.2, 0.25) is 5.02 Å². The van der Waals surface area contributed by atoms with Gasteiger partial charge in [0.25, 0.3) is 6.02 Å². The zero-order valence-electron chi connectivity index (χ0n) is 14.3. The summed E-state index contributed by atoms with van der Waals surface area (Å²) in [6.07, 6.45) is 2.65. The summed E-state index contributed by atoms with van der Waals surface area (Å²) in [7, 11) is 0. The van der Waals surface area contributed by atoms with Crippen molar-refractivity contribution in [1.82, 2.24) is 4.98 Å². The van der Waals surface area contributed by atoms with Crippen LogP contribution in [-0.4, -0.2) is 36.4 Å². The van der Waals surface area contributed by atoms with Crippen molar-refractivity contribution in [3.8, 4) is 16.9 Å².